The number of anilines is 1. The van der Waals surface area contributed by atoms with Crippen molar-refractivity contribution < 1.29 is 9.59 Å². The van der Waals surface area contributed by atoms with Gasteiger partial charge in [-0.15, -0.1) is 0 Å². The monoisotopic (exact) mass is 295 g/mol. The Morgan fingerprint density at radius 3 is 2.71 bits per heavy atom. The molecule has 17 heavy (non-hydrogen) atoms. The number of rotatable bonds is 2. The lowest BCUT2D eigenvalue weighted by Gasteiger charge is -2.14. The first-order chi connectivity index (χ1) is 8.00. The first-order valence-electron chi connectivity index (χ1n) is 5.60. The smallest absolute Gasteiger partial charge is 0.223 e. The van der Waals surface area contributed by atoms with Crippen molar-refractivity contribution >= 4 is 33.3 Å². The third-order valence-electron chi connectivity index (χ3n) is 3.00. The van der Waals surface area contributed by atoms with Crippen LogP contribution in [0.1, 0.15) is 29.8 Å². The minimum absolute atomic E-state index is 0.0525. The number of hydrogen-bond donors (Lipinski definition) is 0. The van der Waals surface area contributed by atoms with Gasteiger partial charge in [0.15, 0.2) is 5.78 Å². The van der Waals surface area contributed by atoms with Crippen LogP contribution in [-0.4, -0.2) is 23.1 Å². The van der Waals surface area contributed by atoms with Gasteiger partial charge in [0.25, 0.3) is 0 Å². The van der Waals surface area contributed by atoms with Crippen molar-refractivity contribution in [3.05, 3.63) is 29.3 Å². The molecule has 1 aromatic rings. The van der Waals surface area contributed by atoms with Crippen LogP contribution in [0.3, 0.4) is 0 Å². The Kier molecular flexibility index (Phi) is 3.33. The fourth-order valence-corrected chi connectivity index (χ4v) is 2.38. The number of alkyl halides is 1. The van der Waals surface area contributed by atoms with Crippen LogP contribution in [-0.2, 0) is 11.2 Å². The van der Waals surface area contributed by atoms with E-state index in [1.165, 1.54) is 0 Å². The van der Waals surface area contributed by atoms with Crippen molar-refractivity contribution in [2.24, 2.45) is 0 Å². The van der Waals surface area contributed by atoms with Gasteiger partial charge in [0.05, 0.1) is 4.83 Å². The van der Waals surface area contributed by atoms with E-state index in [1.807, 2.05) is 19.1 Å². The Hall–Kier alpha value is -1.16. The summed E-state index contributed by atoms with van der Waals surface area (Å²) >= 11 is 3.28. The molecule has 0 bridgehead atoms. The Morgan fingerprint density at radius 1 is 1.41 bits per heavy atom. The van der Waals surface area contributed by atoms with Crippen LogP contribution in [0.2, 0.25) is 0 Å². The average Bonchev–Trinajstić information content (AvgIpc) is 2.70. The molecule has 1 heterocycles. The van der Waals surface area contributed by atoms with Gasteiger partial charge in [0.1, 0.15) is 0 Å². The second kappa shape index (κ2) is 4.61. The van der Waals surface area contributed by atoms with Crippen LogP contribution in [0.25, 0.3) is 0 Å². The summed E-state index contributed by atoms with van der Waals surface area (Å²) in [7, 11) is 0. The number of ketones is 1. The van der Waals surface area contributed by atoms with E-state index in [1.54, 1.807) is 17.9 Å². The third-order valence-corrected chi connectivity index (χ3v) is 3.42. The Balaban J connectivity index is 2.35. The summed E-state index contributed by atoms with van der Waals surface area (Å²) in [5.41, 5.74) is 2.73. The fraction of sp³-hybridized carbons (Fsp3) is 0.385. The summed E-state index contributed by atoms with van der Waals surface area (Å²) in [6, 6.07) is 5.56. The quantitative estimate of drug-likeness (QED) is 0.621. The molecule has 0 N–H and O–H groups in total. The van der Waals surface area contributed by atoms with Gasteiger partial charge in [-0.1, -0.05) is 15.9 Å². The number of nitrogens with zero attached hydrogens (tertiary/aromatic N) is 1. The predicted molar refractivity (Wildman–Crippen MR) is 70.9 cm³/mol. The Morgan fingerprint density at radius 2 is 2.12 bits per heavy atom. The van der Waals surface area contributed by atoms with E-state index in [4.69, 9.17) is 0 Å². The third kappa shape index (κ3) is 2.27. The van der Waals surface area contributed by atoms with Crippen molar-refractivity contribution in [2.75, 3.05) is 11.4 Å². The summed E-state index contributed by atoms with van der Waals surface area (Å²) in [6.45, 7) is 4.10. The lowest BCUT2D eigenvalue weighted by molar-refractivity contribution is -0.116. The van der Waals surface area contributed by atoms with Gasteiger partial charge in [0.2, 0.25) is 5.91 Å². The van der Waals surface area contributed by atoms with Gasteiger partial charge in [0, 0.05) is 24.7 Å². The molecule has 0 saturated heterocycles. The second-order valence-electron chi connectivity index (χ2n) is 4.24. The van der Waals surface area contributed by atoms with Crippen LogP contribution < -0.4 is 4.90 Å². The number of carbonyl (C=O) groups is 2. The molecule has 1 amide bonds. The van der Waals surface area contributed by atoms with Crippen molar-refractivity contribution in [3.63, 3.8) is 0 Å². The first-order valence-corrected chi connectivity index (χ1v) is 6.51. The highest BCUT2D eigenvalue weighted by molar-refractivity contribution is 9.10. The SMILES string of the molecule is CC(=O)N1CCc2cc(C(=O)[C@@H](C)Br)ccc21. The number of Topliss-reactive ketones (excluding diaryl/α,β-unsaturated/α-hetero) is 1. The van der Waals surface area contributed by atoms with Gasteiger partial charge >= 0.3 is 0 Å². The molecule has 1 aromatic carbocycles. The zero-order valence-corrected chi connectivity index (χ0v) is 11.5. The molecule has 3 nitrogen and oxygen atoms in total. The van der Waals surface area contributed by atoms with Crippen molar-refractivity contribution in [1.29, 1.82) is 0 Å². The van der Waals surface area contributed by atoms with E-state index in [-0.39, 0.29) is 16.5 Å². The molecule has 1 atom stereocenters. The van der Waals surface area contributed by atoms with E-state index in [0.717, 1.165) is 17.7 Å². The van der Waals surface area contributed by atoms with Crippen LogP contribution in [0.5, 0.6) is 0 Å². The molecule has 0 aromatic heterocycles. The predicted octanol–water partition coefficient (Wildman–Crippen LogP) is 2.56. The maximum Gasteiger partial charge on any atom is 0.223 e. The number of fused-ring (bicyclic) bond motifs is 1. The summed E-state index contributed by atoms with van der Waals surface area (Å²) in [5, 5.41) is 0. The van der Waals surface area contributed by atoms with E-state index in [0.29, 0.717) is 12.1 Å². The minimum Gasteiger partial charge on any atom is -0.312 e. The number of halogens is 1. The Labute approximate surface area is 109 Å². The van der Waals surface area contributed by atoms with Gasteiger partial charge in [-0.2, -0.15) is 0 Å². The zero-order valence-electron chi connectivity index (χ0n) is 9.87. The largest absolute Gasteiger partial charge is 0.312 e. The molecular formula is C13H14BrNO2. The molecule has 0 unspecified atom stereocenters. The number of hydrogen-bond acceptors (Lipinski definition) is 2. The van der Waals surface area contributed by atoms with Crippen LogP contribution in [0.4, 0.5) is 5.69 Å². The van der Waals surface area contributed by atoms with E-state index >= 15 is 0 Å². The van der Waals surface area contributed by atoms with E-state index in [9.17, 15) is 9.59 Å². The molecule has 0 fully saturated rings. The van der Waals surface area contributed by atoms with E-state index < -0.39 is 0 Å². The lowest BCUT2D eigenvalue weighted by Crippen LogP contribution is -2.25. The first kappa shape index (κ1) is 12.3. The maximum atomic E-state index is 11.8. The molecule has 2 rings (SSSR count). The van der Waals surface area contributed by atoms with E-state index in [2.05, 4.69) is 15.9 Å². The fourth-order valence-electron chi connectivity index (χ4n) is 2.11. The highest BCUT2D eigenvalue weighted by atomic mass is 79.9. The van der Waals surface area contributed by atoms with Crippen molar-refractivity contribution in [2.45, 2.75) is 25.1 Å². The maximum absolute atomic E-state index is 11.8. The second-order valence-corrected chi connectivity index (χ2v) is 5.62. The molecule has 90 valence electrons. The number of carbonyl (C=O) groups excluding carboxylic acids is 2. The van der Waals surface area contributed by atoms with Crippen LogP contribution in [0, 0.1) is 0 Å². The Bertz CT molecular complexity index is 482. The minimum atomic E-state index is -0.175. The lowest BCUT2D eigenvalue weighted by atomic mass is 10.0. The molecule has 4 heteroatoms. The molecule has 1 aliphatic rings. The van der Waals surface area contributed by atoms with Gasteiger partial charge in [-0.25, -0.2) is 0 Å². The summed E-state index contributed by atoms with van der Waals surface area (Å²) in [6.07, 6.45) is 0.826. The molecule has 0 radical (unpaired) electrons. The van der Waals surface area contributed by atoms with Gasteiger partial charge < -0.3 is 4.90 Å². The van der Waals surface area contributed by atoms with Gasteiger partial charge in [-0.3, -0.25) is 9.59 Å². The van der Waals surface area contributed by atoms with Crippen molar-refractivity contribution in [3.8, 4) is 0 Å². The molecule has 1 aliphatic heterocycles. The summed E-state index contributed by atoms with van der Waals surface area (Å²) in [5.74, 6) is 0.130. The molecule has 0 spiro atoms. The summed E-state index contributed by atoms with van der Waals surface area (Å²) < 4.78 is 0. The summed E-state index contributed by atoms with van der Waals surface area (Å²) in [4.78, 5) is 24.8. The van der Waals surface area contributed by atoms with Crippen LogP contribution >= 0.6 is 15.9 Å². The van der Waals surface area contributed by atoms with Crippen molar-refractivity contribution in [1.82, 2.24) is 0 Å². The normalized spacial score (nSPS) is 15.6. The average molecular weight is 296 g/mol. The highest BCUT2D eigenvalue weighted by Crippen LogP contribution is 2.29. The molecule has 0 saturated carbocycles. The standard InChI is InChI=1S/C13H14BrNO2/c1-8(14)13(17)11-3-4-12-10(7-11)5-6-15(12)9(2)16/h3-4,7-8H,5-6H2,1-2H3/t8-/m1/s1. The zero-order chi connectivity index (χ0) is 12.6. The van der Waals surface area contributed by atoms with Gasteiger partial charge in [-0.05, 0) is 37.1 Å². The topological polar surface area (TPSA) is 37.4 Å². The number of benzene rings is 1. The molecular weight excluding hydrogens is 282 g/mol. The number of amides is 1. The highest BCUT2D eigenvalue weighted by Gasteiger charge is 2.23. The molecule has 0 aliphatic carbocycles. The van der Waals surface area contributed by atoms with Crippen LogP contribution in [0.15, 0.2) is 18.2 Å².